The standard InChI is InChI=1S/C28H42O10/c1-16(6-7-17-8-10-19(35-2)13-23(17)37-4)21(12-18-9-11-20(36-3)14-24(18)38-5)25(31)27(33)28(34)26(32)22(30)15-29/h8-11,13-14,16,21-22,25-34H,6-7,12,15H2,1-5H3/t16?,21?,22-,25?,26+,27+,28-/m0/s1. The van der Waals surface area contributed by atoms with Crippen molar-refractivity contribution in [2.45, 2.75) is 56.7 Å². The molecule has 0 saturated heterocycles. The molecule has 38 heavy (non-hydrogen) atoms. The monoisotopic (exact) mass is 538 g/mol. The first-order valence-corrected chi connectivity index (χ1v) is 12.5. The highest BCUT2D eigenvalue weighted by Crippen LogP contribution is 2.34. The summed E-state index contributed by atoms with van der Waals surface area (Å²) in [6.07, 6.45) is -7.22. The van der Waals surface area contributed by atoms with Crippen LogP contribution in [0.25, 0.3) is 0 Å². The van der Waals surface area contributed by atoms with Crippen molar-refractivity contribution in [3.63, 3.8) is 0 Å². The van der Waals surface area contributed by atoms with Gasteiger partial charge in [-0.25, -0.2) is 0 Å². The predicted molar refractivity (Wildman–Crippen MR) is 141 cm³/mol. The average Bonchev–Trinajstić information content (AvgIpc) is 2.96. The molecule has 0 spiro atoms. The van der Waals surface area contributed by atoms with Gasteiger partial charge < -0.3 is 49.6 Å². The Balaban J connectivity index is 2.34. The second-order valence-corrected chi connectivity index (χ2v) is 9.45. The molecule has 0 heterocycles. The van der Waals surface area contributed by atoms with Crippen molar-refractivity contribution in [2.75, 3.05) is 35.0 Å². The fourth-order valence-corrected chi connectivity index (χ4v) is 4.58. The largest absolute Gasteiger partial charge is 0.497 e. The molecule has 10 heteroatoms. The summed E-state index contributed by atoms with van der Waals surface area (Å²) < 4.78 is 21.6. The number of aliphatic hydroxyl groups is 6. The molecule has 2 aromatic carbocycles. The van der Waals surface area contributed by atoms with Gasteiger partial charge in [-0.1, -0.05) is 19.1 Å². The molecule has 3 unspecified atom stereocenters. The van der Waals surface area contributed by atoms with E-state index in [1.165, 1.54) is 7.11 Å². The van der Waals surface area contributed by atoms with Crippen LogP contribution in [-0.2, 0) is 12.8 Å². The van der Waals surface area contributed by atoms with Crippen LogP contribution < -0.4 is 18.9 Å². The molecule has 0 amide bonds. The summed E-state index contributed by atoms with van der Waals surface area (Å²) in [5.74, 6) is 1.69. The van der Waals surface area contributed by atoms with E-state index >= 15 is 0 Å². The lowest BCUT2D eigenvalue weighted by molar-refractivity contribution is -0.152. The Morgan fingerprint density at radius 3 is 1.66 bits per heavy atom. The average molecular weight is 539 g/mol. The minimum atomic E-state index is -1.89. The number of methoxy groups -OCH3 is 4. The molecular weight excluding hydrogens is 496 g/mol. The summed E-state index contributed by atoms with van der Waals surface area (Å²) in [6.45, 7) is 1.12. The zero-order valence-electron chi connectivity index (χ0n) is 22.7. The van der Waals surface area contributed by atoms with E-state index in [-0.39, 0.29) is 12.3 Å². The van der Waals surface area contributed by atoms with Crippen molar-refractivity contribution in [2.24, 2.45) is 11.8 Å². The Morgan fingerprint density at radius 2 is 1.16 bits per heavy atom. The first-order valence-electron chi connectivity index (χ1n) is 12.5. The van der Waals surface area contributed by atoms with Gasteiger partial charge >= 0.3 is 0 Å². The van der Waals surface area contributed by atoms with E-state index in [1.54, 1.807) is 39.5 Å². The molecule has 0 aliphatic rings. The quantitative estimate of drug-likeness (QED) is 0.182. The second kappa shape index (κ2) is 15.1. The van der Waals surface area contributed by atoms with Crippen molar-refractivity contribution in [3.8, 4) is 23.0 Å². The molecule has 0 aliphatic carbocycles. The van der Waals surface area contributed by atoms with Crippen molar-refractivity contribution >= 4 is 0 Å². The van der Waals surface area contributed by atoms with E-state index in [0.29, 0.717) is 35.8 Å². The van der Waals surface area contributed by atoms with Crippen LogP contribution in [0.5, 0.6) is 23.0 Å². The smallest absolute Gasteiger partial charge is 0.125 e. The molecule has 0 saturated carbocycles. The highest BCUT2D eigenvalue weighted by molar-refractivity contribution is 5.42. The number of hydrogen-bond acceptors (Lipinski definition) is 10. The minimum Gasteiger partial charge on any atom is -0.497 e. The van der Waals surface area contributed by atoms with E-state index in [4.69, 9.17) is 24.1 Å². The van der Waals surface area contributed by atoms with E-state index < -0.39 is 43.0 Å². The molecule has 2 rings (SSSR count). The molecule has 214 valence electrons. The van der Waals surface area contributed by atoms with Crippen LogP contribution in [0.4, 0.5) is 0 Å². The van der Waals surface area contributed by atoms with Gasteiger partial charge in [-0.15, -0.1) is 0 Å². The summed E-state index contributed by atoms with van der Waals surface area (Å²) in [7, 11) is 6.22. The third-order valence-corrected chi connectivity index (χ3v) is 7.11. The SMILES string of the molecule is COc1ccc(CCC(C)C(Cc2ccc(OC)cc2OC)C(O)[C@@H](O)[C@@H](O)[C@H](O)[C@@H](O)CO)c(OC)c1. The van der Waals surface area contributed by atoms with Gasteiger partial charge in [0.15, 0.2) is 0 Å². The molecule has 0 aliphatic heterocycles. The third kappa shape index (κ3) is 7.95. The highest BCUT2D eigenvalue weighted by Gasteiger charge is 2.39. The zero-order chi connectivity index (χ0) is 28.4. The molecular formula is C28H42O10. The fraction of sp³-hybridized carbons (Fsp3) is 0.571. The Morgan fingerprint density at radius 1 is 0.658 bits per heavy atom. The number of aliphatic hydroxyl groups excluding tert-OH is 6. The van der Waals surface area contributed by atoms with Crippen molar-refractivity contribution in [1.29, 1.82) is 0 Å². The summed E-state index contributed by atoms with van der Waals surface area (Å²) in [4.78, 5) is 0. The Kier molecular flexibility index (Phi) is 12.6. The van der Waals surface area contributed by atoms with Gasteiger partial charge in [0.2, 0.25) is 0 Å². The van der Waals surface area contributed by atoms with E-state index in [2.05, 4.69) is 0 Å². The molecule has 0 aromatic heterocycles. The number of hydrogen-bond donors (Lipinski definition) is 6. The van der Waals surface area contributed by atoms with Crippen LogP contribution in [0, 0.1) is 11.8 Å². The van der Waals surface area contributed by atoms with Crippen LogP contribution in [0.2, 0.25) is 0 Å². The molecule has 2 aromatic rings. The lowest BCUT2D eigenvalue weighted by atomic mass is 9.77. The number of benzene rings is 2. The summed E-state index contributed by atoms with van der Waals surface area (Å²) in [5.41, 5.74) is 1.70. The van der Waals surface area contributed by atoms with Crippen LogP contribution in [0.15, 0.2) is 36.4 Å². The summed E-state index contributed by atoms with van der Waals surface area (Å²) >= 11 is 0. The van der Waals surface area contributed by atoms with Gasteiger partial charge in [0, 0.05) is 12.1 Å². The Labute approximate surface area is 224 Å². The van der Waals surface area contributed by atoms with Gasteiger partial charge in [-0.2, -0.15) is 0 Å². The van der Waals surface area contributed by atoms with Crippen molar-refractivity contribution in [3.05, 3.63) is 47.5 Å². The Bertz CT molecular complexity index is 984. The normalized spacial score (nSPS) is 17.0. The number of aryl methyl sites for hydroxylation is 1. The topological polar surface area (TPSA) is 158 Å². The number of ether oxygens (including phenoxy) is 4. The van der Waals surface area contributed by atoms with E-state index in [9.17, 15) is 25.5 Å². The molecule has 10 nitrogen and oxygen atoms in total. The molecule has 6 N–H and O–H groups in total. The van der Waals surface area contributed by atoms with Crippen molar-refractivity contribution in [1.82, 2.24) is 0 Å². The van der Waals surface area contributed by atoms with Crippen LogP contribution in [0.3, 0.4) is 0 Å². The maximum atomic E-state index is 11.2. The minimum absolute atomic E-state index is 0.189. The third-order valence-electron chi connectivity index (χ3n) is 7.11. The first kappa shape index (κ1) is 31.6. The zero-order valence-corrected chi connectivity index (χ0v) is 22.7. The van der Waals surface area contributed by atoms with Gasteiger partial charge in [0.05, 0.1) is 41.2 Å². The maximum Gasteiger partial charge on any atom is 0.125 e. The molecule has 0 radical (unpaired) electrons. The maximum absolute atomic E-state index is 11.2. The second-order valence-electron chi connectivity index (χ2n) is 9.45. The van der Waals surface area contributed by atoms with Crippen LogP contribution >= 0.6 is 0 Å². The summed E-state index contributed by atoms with van der Waals surface area (Å²) in [5, 5.41) is 61.4. The Hall–Kier alpha value is -2.60. The van der Waals surface area contributed by atoms with Gasteiger partial charge in [0.1, 0.15) is 47.4 Å². The molecule has 0 fully saturated rings. The molecule has 7 atom stereocenters. The van der Waals surface area contributed by atoms with E-state index in [1.807, 2.05) is 25.1 Å². The molecule has 0 bridgehead atoms. The summed E-state index contributed by atoms with van der Waals surface area (Å²) in [6, 6.07) is 10.8. The lowest BCUT2D eigenvalue weighted by Gasteiger charge is -2.35. The van der Waals surface area contributed by atoms with E-state index in [0.717, 1.165) is 11.1 Å². The van der Waals surface area contributed by atoms with Crippen LogP contribution in [-0.4, -0.2) is 96.2 Å². The predicted octanol–water partition coefficient (Wildman–Crippen LogP) is 0.945. The first-order chi connectivity index (χ1) is 18.1. The fourth-order valence-electron chi connectivity index (χ4n) is 4.58. The van der Waals surface area contributed by atoms with Gasteiger partial charge in [-0.05, 0) is 54.4 Å². The van der Waals surface area contributed by atoms with Gasteiger partial charge in [-0.3, -0.25) is 0 Å². The van der Waals surface area contributed by atoms with Crippen LogP contribution in [0.1, 0.15) is 24.5 Å². The van der Waals surface area contributed by atoms with Crippen molar-refractivity contribution < 1.29 is 49.6 Å². The van der Waals surface area contributed by atoms with Gasteiger partial charge in [0.25, 0.3) is 0 Å². The number of rotatable bonds is 16. The highest BCUT2D eigenvalue weighted by atomic mass is 16.5. The lowest BCUT2D eigenvalue weighted by Crippen LogP contribution is -2.52.